The van der Waals surface area contributed by atoms with E-state index in [2.05, 4.69) is 31.3 Å². The average Bonchev–Trinajstić information content (AvgIpc) is 3.43. The van der Waals surface area contributed by atoms with E-state index in [9.17, 15) is 4.79 Å². The standard InChI is InChI=1S/C21H17BrN4O3/c1-28-17-10-6-15(7-11-17)20(27)26-21(23-13-14-4-8-16(22)9-5-14)24-19(25-26)18-3-2-12-29-18/h2-12H,13H2,1H3,(H,23,24,25). The van der Waals surface area contributed by atoms with Gasteiger partial charge >= 0.3 is 0 Å². The number of rotatable bonds is 6. The second-order valence-electron chi connectivity index (χ2n) is 6.16. The van der Waals surface area contributed by atoms with Crippen molar-refractivity contribution in [2.75, 3.05) is 12.4 Å². The topological polar surface area (TPSA) is 82.2 Å². The van der Waals surface area contributed by atoms with E-state index in [1.165, 1.54) is 10.9 Å². The molecule has 0 saturated carbocycles. The number of carbonyl (C=O) groups excluding carboxylic acids is 1. The minimum atomic E-state index is -0.309. The maximum absolute atomic E-state index is 13.0. The van der Waals surface area contributed by atoms with Crippen molar-refractivity contribution in [3.63, 3.8) is 0 Å². The lowest BCUT2D eigenvalue weighted by Gasteiger charge is -2.08. The van der Waals surface area contributed by atoms with Crippen LogP contribution in [0.25, 0.3) is 11.6 Å². The van der Waals surface area contributed by atoms with Gasteiger partial charge in [-0.25, -0.2) is 0 Å². The fourth-order valence-corrected chi connectivity index (χ4v) is 2.98. The van der Waals surface area contributed by atoms with Crippen LogP contribution in [0, 0.1) is 0 Å². The van der Waals surface area contributed by atoms with E-state index in [4.69, 9.17) is 9.15 Å². The van der Waals surface area contributed by atoms with Gasteiger partial charge in [0.05, 0.1) is 13.4 Å². The Morgan fingerprint density at radius 3 is 2.55 bits per heavy atom. The van der Waals surface area contributed by atoms with Crippen LogP contribution in [0.2, 0.25) is 0 Å². The van der Waals surface area contributed by atoms with Crippen molar-refractivity contribution in [3.05, 3.63) is 82.5 Å². The van der Waals surface area contributed by atoms with Crippen LogP contribution in [0.15, 0.2) is 75.8 Å². The molecule has 0 aliphatic rings. The van der Waals surface area contributed by atoms with Gasteiger partial charge in [0.25, 0.3) is 5.91 Å². The van der Waals surface area contributed by atoms with Crippen molar-refractivity contribution in [2.45, 2.75) is 6.54 Å². The molecule has 0 aliphatic heterocycles. The number of benzene rings is 2. The van der Waals surface area contributed by atoms with Gasteiger partial charge in [0, 0.05) is 16.6 Å². The molecular weight excluding hydrogens is 436 g/mol. The maximum atomic E-state index is 13.0. The van der Waals surface area contributed by atoms with Crippen molar-refractivity contribution < 1.29 is 13.9 Å². The number of hydrogen-bond donors (Lipinski definition) is 1. The highest BCUT2D eigenvalue weighted by molar-refractivity contribution is 9.10. The van der Waals surface area contributed by atoms with Gasteiger partial charge in [-0.05, 0) is 54.1 Å². The Morgan fingerprint density at radius 1 is 1.14 bits per heavy atom. The Balaban J connectivity index is 1.64. The lowest BCUT2D eigenvalue weighted by Crippen LogP contribution is -2.17. The number of aromatic nitrogens is 3. The predicted octanol–water partition coefficient (Wildman–Crippen LogP) is 4.61. The van der Waals surface area contributed by atoms with E-state index in [-0.39, 0.29) is 5.91 Å². The highest BCUT2D eigenvalue weighted by atomic mass is 79.9. The number of nitrogens with one attached hydrogen (secondary N) is 1. The van der Waals surface area contributed by atoms with Gasteiger partial charge in [-0.2, -0.15) is 9.67 Å². The van der Waals surface area contributed by atoms with E-state index in [1.54, 1.807) is 43.5 Å². The maximum Gasteiger partial charge on any atom is 0.281 e. The molecule has 0 radical (unpaired) electrons. The van der Waals surface area contributed by atoms with Gasteiger partial charge in [-0.3, -0.25) is 4.79 Å². The molecule has 1 N–H and O–H groups in total. The zero-order valence-corrected chi connectivity index (χ0v) is 17.1. The molecule has 146 valence electrons. The number of hydrogen-bond acceptors (Lipinski definition) is 6. The number of carbonyl (C=O) groups is 1. The molecule has 2 aromatic carbocycles. The fourth-order valence-electron chi connectivity index (χ4n) is 2.72. The predicted molar refractivity (Wildman–Crippen MR) is 112 cm³/mol. The fraction of sp³-hybridized carbons (Fsp3) is 0.0952. The third-order valence-electron chi connectivity index (χ3n) is 4.24. The molecule has 7 nitrogen and oxygen atoms in total. The number of anilines is 1. The van der Waals surface area contributed by atoms with Crippen LogP contribution in [0.1, 0.15) is 15.9 Å². The van der Waals surface area contributed by atoms with Crippen LogP contribution in [-0.4, -0.2) is 27.8 Å². The van der Waals surface area contributed by atoms with Crippen molar-refractivity contribution in [2.24, 2.45) is 0 Å². The Kier molecular flexibility index (Phi) is 5.44. The summed E-state index contributed by atoms with van der Waals surface area (Å²) >= 11 is 3.42. The first kappa shape index (κ1) is 18.9. The van der Waals surface area contributed by atoms with Gasteiger partial charge in [0.2, 0.25) is 11.8 Å². The molecule has 4 rings (SSSR count). The summed E-state index contributed by atoms with van der Waals surface area (Å²) in [5.41, 5.74) is 1.51. The van der Waals surface area contributed by atoms with E-state index < -0.39 is 0 Å². The third-order valence-corrected chi connectivity index (χ3v) is 4.77. The van der Waals surface area contributed by atoms with Gasteiger partial charge in [0.15, 0.2) is 5.76 Å². The van der Waals surface area contributed by atoms with Crippen LogP contribution in [0.4, 0.5) is 5.95 Å². The van der Waals surface area contributed by atoms with Crippen molar-refractivity contribution in [1.82, 2.24) is 14.8 Å². The quantitative estimate of drug-likeness (QED) is 0.459. The van der Waals surface area contributed by atoms with Gasteiger partial charge < -0.3 is 14.5 Å². The van der Waals surface area contributed by atoms with Crippen LogP contribution in [0.3, 0.4) is 0 Å². The van der Waals surface area contributed by atoms with Gasteiger partial charge in [-0.15, -0.1) is 5.10 Å². The van der Waals surface area contributed by atoms with Gasteiger partial charge in [0.1, 0.15) is 5.75 Å². The Bertz CT molecular complexity index is 1100. The molecule has 0 atom stereocenters. The summed E-state index contributed by atoms with van der Waals surface area (Å²) in [5.74, 6) is 1.51. The number of furan rings is 1. The molecular formula is C21H17BrN4O3. The Hall–Kier alpha value is -3.39. The largest absolute Gasteiger partial charge is 0.497 e. The lowest BCUT2D eigenvalue weighted by molar-refractivity contribution is 0.0947. The van der Waals surface area contributed by atoms with Crippen LogP contribution >= 0.6 is 15.9 Å². The number of methoxy groups -OCH3 is 1. The molecule has 0 amide bonds. The second-order valence-corrected chi connectivity index (χ2v) is 7.08. The molecule has 8 heteroatoms. The molecule has 0 unspecified atom stereocenters. The summed E-state index contributed by atoms with van der Waals surface area (Å²) in [6.07, 6.45) is 1.54. The van der Waals surface area contributed by atoms with E-state index in [0.29, 0.717) is 35.4 Å². The Morgan fingerprint density at radius 2 is 1.90 bits per heavy atom. The number of ether oxygens (including phenoxy) is 1. The minimum Gasteiger partial charge on any atom is -0.497 e. The highest BCUT2D eigenvalue weighted by Gasteiger charge is 2.20. The number of nitrogens with zero attached hydrogens (tertiary/aromatic N) is 3. The summed E-state index contributed by atoms with van der Waals surface area (Å²) < 4.78 is 12.8. The summed E-state index contributed by atoms with van der Waals surface area (Å²) in [6.45, 7) is 0.486. The first-order chi connectivity index (χ1) is 14.1. The van der Waals surface area contributed by atoms with E-state index in [1.807, 2.05) is 24.3 Å². The highest BCUT2D eigenvalue weighted by Crippen LogP contribution is 2.21. The monoisotopic (exact) mass is 452 g/mol. The first-order valence-corrected chi connectivity index (χ1v) is 9.61. The molecule has 0 fully saturated rings. The first-order valence-electron chi connectivity index (χ1n) is 8.82. The minimum absolute atomic E-state index is 0.309. The van der Waals surface area contributed by atoms with Crippen molar-refractivity contribution >= 4 is 27.8 Å². The third kappa shape index (κ3) is 4.22. The van der Waals surface area contributed by atoms with Gasteiger partial charge in [-0.1, -0.05) is 28.1 Å². The van der Waals surface area contributed by atoms with Crippen LogP contribution in [0.5, 0.6) is 5.75 Å². The molecule has 2 heterocycles. The van der Waals surface area contributed by atoms with Crippen LogP contribution in [-0.2, 0) is 6.54 Å². The smallest absolute Gasteiger partial charge is 0.281 e. The average molecular weight is 453 g/mol. The van der Waals surface area contributed by atoms with Crippen molar-refractivity contribution in [1.29, 1.82) is 0 Å². The molecule has 0 aliphatic carbocycles. The summed E-state index contributed by atoms with van der Waals surface area (Å²) in [7, 11) is 1.58. The van der Waals surface area contributed by atoms with E-state index >= 15 is 0 Å². The normalized spacial score (nSPS) is 10.7. The van der Waals surface area contributed by atoms with Crippen LogP contribution < -0.4 is 10.1 Å². The Labute approximate surface area is 175 Å². The van der Waals surface area contributed by atoms with E-state index in [0.717, 1.165) is 10.0 Å². The number of halogens is 1. The zero-order valence-electron chi connectivity index (χ0n) is 15.5. The summed E-state index contributed by atoms with van der Waals surface area (Å²) in [6, 6.07) is 18.2. The molecule has 0 spiro atoms. The summed E-state index contributed by atoms with van der Waals surface area (Å²) in [4.78, 5) is 17.5. The molecule has 4 aromatic rings. The molecule has 2 aromatic heterocycles. The van der Waals surface area contributed by atoms with Crippen molar-refractivity contribution in [3.8, 4) is 17.3 Å². The zero-order chi connectivity index (χ0) is 20.2. The summed E-state index contributed by atoms with van der Waals surface area (Å²) in [5, 5.41) is 7.55. The molecule has 0 saturated heterocycles. The SMILES string of the molecule is COc1ccc(C(=O)n2nc(-c3ccco3)nc2NCc2ccc(Br)cc2)cc1. The molecule has 29 heavy (non-hydrogen) atoms. The second kappa shape index (κ2) is 8.32. The lowest BCUT2D eigenvalue weighted by atomic mass is 10.2. The molecule has 0 bridgehead atoms.